The van der Waals surface area contributed by atoms with Crippen LogP contribution in [0.25, 0.3) is 4.91 Å². The van der Waals surface area contributed by atoms with Crippen molar-refractivity contribution in [2.24, 2.45) is 5.73 Å². The molecular formula is C14H18ClNS. The number of halogens is 1. The van der Waals surface area contributed by atoms with E-state index in [1.54, 1.807) is 11.8 Å². The van der Waals surface area contributed by atoms with Gasteiger partial charge in [0.1, 0.15) is 0 Å². The molecule has 0 saturated heterocycles. The predicted molar refractivity (Wildman–Crippen MR) is 79.9 cm³/mol. The lowest BCUT2D eigenvalue weighted by molar-refractivity contribution is 1.08. The first kappa shape index (κ1) is 14.2. The van der Waals surface area contributed by atoms with Crippen LogP contribution in [0.5, 0.6) is 0 Å². The SMILES string of the molecule is C/C=C(\S/C(N)=C(/C)CC)c1ccccc1Cl. The summed E-state index contributed by atoms with van der Waals surface area (Å²) in [5.41, 5.74) is 8.30. The molecule has 0 aliphatic rings. The summed E-state index contributed by atoms with van der Waals surface area (Å²) in [6, 6.07) is 7.82. The third kappa shape index (κ3) is 3.83. The smallest absolute Gasteiger partial charge is 0.0692 e. The summed E-state index contributed by atoms with van der Waals surface area (Å²) in [5.74, 6) is 0. The first-order valence-corrected chi connectivity index (χ1v) is 6.83. The molecule has 92 valence electrons. The van der Waals surface area contributed by atoms with Crippen LogP contribution in [0.15, 0.2) is 40.9 Å². The molecule has 1 rings (SSSR count). The lowest BCUT2D eigenvalue weighted by Crippen LogP contribution is -1.97. The van der Waals surface area contributed by atoms with Gasteiger partial charge in [-0.25, -0.2) is 0 Å². The number of hydrogen-bond acceptors (Lipinski definition) is 2. The fourth-order valence-corrected chi connectivity index (χ4v) is 2.57. The Morgan fingerprint density at radius 2 is 2.06 bits per heavy atom. The predicted octanol–water partition coefficient (Wildman–Crippen LogP) is 5.03. The van der Waals surface area contributed by atoms with Crippen molar-refractivity contribution in [3.05, 3.63) is 51.5 Å². The molecule has 0 fully saturated rings. The molecular weight excluding hydrogens is 250 g/mol. The summed E-state index contributed by atoms with van der Waals surface area (Å²) in [6.07, 6.45) is 3.01. The summed E-state index contributed by atoms with van der Waals surface area (Å²) in [5, 5.41) is 1.62. The zero-order valence-corrected chi connectivity index (χ0v) is 12.0. The average molecular weight is 268 g/mol. The average Bonchev–Trinajstić information content (AvgIpc) is 2.35. The second-order valence-corrected chi connectivity index (χ2v) is 5.22. The highest BCUT2D eigenvalue weighted by Gasteiger charge is 2.08. The molecule has 0 aliphatic heterocycles. The Morgan fingerprint density at radius 1 is 1.41 bits per heavy atom. The number of allylic oxidation sites excluding steroid dienone is 2. The third-order valence-electron chi connectivity index (χ3n) is 2.57. The van der Waals surface area contributed by atoms with Crippen LogP contribution in [0.1, 0.15) is 32.8 Å². The summed E-state index contributed by atoms with van der Waals surface area (Å²) in [6.45, 7) is 6.16. The first-order chi connectivity index (χ1) is 8.10. The van der Waals surface area contributed by atoms with E-state index in [9.17, 15) is 0 Å². The molecule has 1 aromatic rings. The standard InChI is InChI=1S/C14H18ClNS/c1-4-10(3)14(16)17-13(5-2)11-8-6-7-9-12(11)15/h5-9H,4,16H2,1-3H3/b13-5-,14-10-. The van der Waals surface area contributed by atoms with Crippen LogP contribution >= 0.6 is 23.4 Å². The normalized spacial score (nSPS) is 13.5. The van der Waals surface area contributed by atoms with E-state index in [-0.39, 0.29) is 0 Å². The van der Waals surface area contributed by atoms with E-state index >= 15 is 0 Å². The van der Waals surface area contributed by atoms with E-state index in [1.807, 2.05) is 37.3 Å². The Morgan fingerprint density at radius 3 is 2.59 bits per heavy atom. The molecule has 0 saturated carbocycles. The molecule has 0 radical (unpaired) electrons. The van der Waals surface area contributed by atoms with Gasteiger partial charge >= 0.3 is 0 Å². The molecule has 1 aromatic carbocycles. The Kier molecular flexibility index (Phi) is 5.66. The van der Waals surface area contributed by atoms with Crippen molar-refractivity contribution in [3.8, 4) is 0 Å². The van der Waals surface area contributed by atoms with Gasteiger partial charge in [-0.1, -0.05) is 54.6 Å². The maximum absolute atomic E-state index is 6.18. The second kappa shape index (κ2) is 6.77. The number of benzene rings is 1. The molecule has 0 amide bonds. The highest BCUT2D eigenvalue weighted by Crippen LogP contribution is 2.36. The number of nitrogens with two attached hydrogens (primary N) is 1. The molecule has 17 heavy (non-hydrogen) atoms. The molecule has 3 heteroatoms. The molecule has 0 atom stereocenters. The van der Waals surface area contributed by atoms with Crippen LogP contribution in [-0.4, -0.2) is 0 Å². The second-order valence-electron chi connectivity index (χ2n) is 3.73. The van der Waals surface area contributed by atoms with Gasteiger partial charge in [-0.2, -0.15) is 0 Å². The van der Waals surface area contributed by atoms with Crippen LogP contribution < -0.4 is 5.73 Å². The van der Waals surface area contributed by atoms with Crippen molar-refractivity contribution in [2.45, 2.75) is 27.2 Å². The molecule has 0 bridgehead atoms. The van der Waals surface area contributed by atoms with Crippen molar-refractivity contribution in [3.63, 3.8) is 0 Å². The minimum Gasteiger partial charge on any atom is -0.393 e. The molecule has 0 aliphatic carbocycles. The van der Waals surface area contributed by atoms with E-state index in [0.717, 1.165) is 26.9 Å². The van der Waals surface area contributed by atoms with Gasteiger partial charge in [0.15, 0.2) is 0 Å². The number of thioether (sulfide) groups is 1. The van der Waals surface area contributed by atoms with Gasteiger partial charge in [0.25, 0.3) is 0 Å². The van der Waals surface area contributed by atoms with Crippen LogP contribution in [-0.2, 0) is 0 Å². The van der Waals surface area contributed by atoms with E-state index < -0.39 is 0 Å². The largest absolute Gasteiger partial charge is 0.393 e. The van der Waals surface area contributed by atoms with Crippen LogP contribution in [0.3, 0.4) is 0 Å². The quantitative estimate of drug-likeness (QED) is 0.828. The van der Waals surface area contributed by atoms with E-state index in [2.05, 4.69) is 13.8 Å². The molecule has 2 N–H and O–H groups in total. The van der Waals surface area contributed by atoms with Crippen molar-refractivity contribution in [1.82, 2.24) is 0 Å². The maximum atomic E-state index is 6.18. The van der Waals surface area contributed by atoms with Gasteiger partial charge in [0, 0.05) is 15.5 Å². The summed E-state index contributed by atoms with van der Waals surface area (Å²) < 4.78 is 0. The summed E-state index contributed by atoms with van der Waals surface area (Å²) in [7, 11) is 0. The van der Waals surface area contributed by atoms with E-state index in [1.165, 1.54) is 5.57 Å². The monoisotopic (exact) mass is 267 g/mol. The third-order valence-corrected chi connectivity index (χ3v) is 4.15. The summed E-state index contributed by atoms with van der Waals surface area (Å²) in [4.78, 5) is 1.10. The Bertz CT molecular complexity index is 449. The van der Waals surface area contributed by atoms with Crippen LogP contribution in [0.2, 0.25) is 5.02 Å². The van der Waals surface area contributed by atoms with Gasteiger partial charge in [-0.05, 0) is 31.9 Å². The topological polar surface area (TPSA) is 26.0 Å². The van der Waals surface area contributed by atoms with Gasteiger partial charge in [-0.15, -0.1) is 0 Å². The van der Waals surface area contributed by atoms with Crippen molar-refractivity contribution >= 4 is 28.3 Å². The lowest BCUT2D eigenvalue weighted by atomic mass is 10.2. The van der Waals surface area contributed by atoms with Crippen molar-refractivity contribution in [1.29, 1.82) is 0 Å². The Balaban J connectivity index is 3.00. The van der Waals surface area contributed by atoms with Gasteiger partial charge < -0.3 is 5.73 Å². The highest BCUT2D eigenvalue weighted by molar-refractivity contribution is 8.11. The minimum absolute atomic E-state index is 0.759. The fraction of sp³-hybridized carbons (Fsp3) is 0.286. The van der Waals surface area contributed by atoms with Crippen LogP contribution in [0, 0.1) is 0 Å². The molecule has 0 spiro atoms. The van der Waals surface area contributed by atoms with Crippen molar-refractivity contribution in [2.75, 3.05) is 0 Å². The molecule has 1 nitrogen and oxygen atoms in total. The number of hydrogen-bond donors (Lipinski definition) is 1. The first-order valence-electron chi connectivity index (χ1n) is 5.64. The fourth-order valence-electron chi connectivity index (χ4n) is 1.31. The lowest BCUT2D eigenvalue weighted by Gasteiger charge is -2.10. The molecule has 0 heterocycles. The van der Waals surface area contributed by atoms with Crippen LogP contribution in [0.4, 0.5) is 0 Å². The zero-order chi connectivity index (χ0) is 12.8. The Labute approximate surface area is 113 Å². The van der Waals surface area contributed by atoms with Gasteiger partial charge in [-0.3, -0.25) is 0 Å². The van der Waals surface area contributed by atoms with Crippen molar-refractivity contribution < 1.29 is 0 Å². The highest BCUT2D eigenvalue weighted by atomic mass is 35.5. The van der Waals surface area contributed by atoms with E-state index in [0.29, 0.717) is 0 Å². The van der Waals surface area contributed by atoms with E-state index in [4.69, 9.17) is 17.3 Å². The Hall–Kier alpha value is -0.860. The minimum atomic E-state index is 0.759. The van der Waals surface area contributed by atoms with Gasteiger partial charge in [0.05, 0.1) is 5.03 Å². The van der Waals surface area contributed by atoms with Gasteiger partial charge in [0.2, 0.25) is 0 Å². The molecule has 0 unspecified atom stereocenters. The maximum Gasteiger partial charge on any atom is 0.0692 e. The molecule has 0 aromatic heterocycles. The zero-order valence-electron chi connectivity index (χ0n) is 10.5. The summed E-state index contributed by atoms with van der Waals surface area (Å²) >= 11 is 7.76. The number of rotatable bonds is 4.